The Balaban J connectivity index is 2.25. The first-order chi connectivity index (χ1) is 11.7. The zero-order chi connectivity index (χ0) is 17.4. The van der Waals surface area contributed by atoms with Gasteiger partial charge in [-0.25, -0.2) is 0 Å². The van der Waals surface area contributed by atoms with Crippen LogP contribution in [0.2, 0.25) is 0 Å². The van der Waals surface area contributed by atoms with Gasteiger partial charge in [-0.2, -0.15) is 0 Å². The van der Waals surface area contributed by atoms with Crippen molar-refractivity contribution in [3.63, 3.8) is 0 Å². The SMILES string of the molecule is CCCCCC(CC)(CCC)C(=O)Nc1cccc2cccnc12. The Hall–Kier alpha value is -1.90. The Morgan fingerprint density at radius 1 is 1.04 bits per heavy atom. The third-order valence-corrected chi connectivity index (χ3v) is 5.03. The number of fused-ring (bicyclic) bond motifs is 1. The van der Waals surface area contributed by atoms with Crippen LogP contribution in [-0.2, 0) is 4.79 Å². The molecule has 1 aromatic heterocycles. The number of anilines is 1. The lowest BCUT2D eigenvalue weighted by Crippen LogP contribution is -2.36. The number of pyridine rings is 1. The zero-order valence-corrected chi connectivity index (χ0v) is 15.3. The molecular weight excluding hydrogens is 296 g/mol. The molecular formula is C21H30N2O. The first-order valence-electron chi connectivity index (χ1n) is 9.32. The lowest BCUT2D eigenvalue weighted by atomic mass is 9.75. The van der Waals surface area contributed by atoms with Gasteiger partial charge in [-0.3, -0.25) is 9.78 Å². The normalized spacial score (nSPS) is 13.6. The molecule has 0 bridgehead atoms. The van der Waals surface area contributed by atoms with Crippen LogP contribution in [-0.4, -0.2) is 10.9 Å². The minimum absolute atomic E-state index is 0.154. The highest BCUT2D eigenvalue weighted by molar-refractivity contribution is 6.02. The van der Waals surface area contributed by atoms with E-state index >= 15 is 0 Å². The van der Waals surface area contributed by atoms with Crippen LogP contribution in [0.25, 0.3) is 10.9 Å². The van der Waals surface area contributed by atoms with Crippen molar-refractivity contribution in [3.05, 3.63) is 36.5 Å². The fourth-order valence-corrected chi connectivity index (χ4v) is 3.52. The van der Waals surface area contributed by atoms with Gasteiger partial charge in [-0.1, -0.05) is 64.7 Å². The van der Waals surface area contributed by atoms with Crippen molar-refractivity contribution >= 4 is 22.5 Å². The Bertz CT molecular complexity index is 662. The predicted octanol–water partition coefficient (Wildman–Crippen LogP) is 5.95. The molecule has 0 spiro atoms. The summed E-state index contributed by atoms with van der Waals surface area (Å²) in [5.41, 5.74) is 1.42. The number of carbonyl (C=O) groups excluding carboxylic acids is 1. The standard InChI is InChI=1S/C21H30N2O/c1-4-7-8-15-21(6-3,14-5-2)20(24)23-18-13-9-11-17-12-10-16-22-19(17)18/h9-13,16H,4-8,14-15H2,1-3H3,(H,23,24). The summed E-state index contributed by atoms with van der Waals surface area (Å²) >= 11 is 0. The molecule has 2 aromatic rings. The van der Waals surface area contributed by atoms with E-state index in [1.165, 1.54) is 12.8 Å². The minimum Gasteiger partial charge on any atom is -0.324 e. The number of amides is 1. The molecule has 1 atom stereocenters. The van der Waals surface area contributed by atoms with Gasteiger partial charge in [0.1, 0.15) is 0 Å². The van der Waals surface area contributed by atoms with Gasteiger partial charge in [0, 0.05) is 17.0 Å². The molecule has 0 saturated heterocycles. The van der Waals surface area contributed by atoms with Crippen LogP contribution in [0.1, 0.15) is 65.7 Å². The number of nitrogens with one attached hydrogen (secondary N) is 1. The Morgan fingerprint density at radius 2 is 1.83 bits per heavy atom. The Labute approximate surface area is 145 Å². The molecule has 130 valence electrons. The van der Waals surface area contributed by atoms with E-state index in [9.17, 15) is 4.79 Å². The molecule has 1 unspecified atom stereocenters. The second kappa shape index (κ2) is 8.81. The molecule has 0 saturated carbocycles. The summed E-state index contributed by atoms with van der Waals surface area (Å²) in [5.74, 6) is 0.154. The van der Waals surface area contributed by atoms with E-state index in [1.807, 2.05) is 30.3 Å². The fraction of sp³-hybridized carbons (Fsp3) is 0.524. The summed E-state index contributed by atoms with van der Waals surface area (Å²) in [6.45, 7) is 6.51. The van der Waals surface area contributed by atoms with Crippen molar-refractivity contribution in [1.29, 1.82) is 0 Å². The molecule has 0 radical (unpaired) electrons. The monoisotopic (exact) mass is 326 g/mol. The van der Waals surface area contributed by atoms with E-state index in [2.05, 4.69) is 31.1 Å². The van der Waals surface area contributed by atoms with Crippen LogP contribution in [0.15, 0.2) is 36.5 Å². The fourth-order valence-electron chi connectivity index (χ4n) is 3.52. The van der Waals surface area contributed by atoms with Gasteiger partial charge in [0.2, 0.25) is 5.91 Å². The summed E-state index contributed by atoms with van der Waals surface area (Å²) in [4.78, 5) is 17.6. The van der Waals surface area contributed by atoms with Crippen molar-refractivity contribution in [2.24, 2.45) is 5.41 Å². The highest BCUT2D eigenvalue weighted by Gasteiger charge is 2.35. The maximum Gasteiger partial charge on any atom is 0.230 e. The predicted molar refractivity (Wildman–Crippen MR) is 102 cm³/mol. The van der Waals surface area contributed by atoms with Crippen molar-refractivity contribution in [3.8, 4) is 0 Å². The zero-order valence-electron chi connectivity index (χ0n) is 15.3. The van der Waals surface area contributed by atoms with Gasteiger partial charge < -0.3 is 5.32 Å². The molecule has 1 N–H and O–H groups in total. The average molecular weight is 326 g/mol. The summed E-state index contributed by atoms with van der Waals surface area (Å²) in [6.07, 6.45) is 9.08. The molecule has 1 aromatic carbocycles. The molecule has 0 aliphatic rings. The molecule has 0 aliphatic heterocycles. The van der Waals surface area contributed by atoms with E-state index in [1.54, 1.807) is 6.20 Å². The molecule has 24 heavy (non-hydrogen) atoms. The van der Waals surface area contributed by atoms with Crippen LogP contribution in [0.3, 0.4) is 0 Å². The number of nitrogens with zero attached hydrogens (tertiary/aromatic N) is 1. The van der Waals surface area contributed by atoms with Crippen LogP contribution in [0.4, 0.5) is 5.69 Å². The third-order valence-electron chi connectivity index (χ3n) is 5.03. The second-order valence-corrected chi connectivity index (χ2v) is 6.68. The summed E-state index contributed by atoms with van der Waals surface area (Å²) in [7, 11) is 0. The number of benzene rings is 1. The summed E-state index contributed by atoms with van der Waals surface area (Å²) in [6, 6.07) is 9.90. The van der Waals surface area contributed by atoms with Gasteiger partial charge in [0.05, 0.1) is 11.2 Å². The molecule has 3 nitrogen and oxygen atoms in total. The Morgan fingerprint density at radius 3 is 2.54 bits per heavy atom. The van der Waals surface area contributed by atoms with E-state index < -0.39 is 0 Å². The maximum atomic E-state index is 13.2. The molecule has 2 rings (SSSR count). The smallest absolute Gasteiger partial charge is 0.230 e. The van der Waals surface area contributed by atoms with Crippen molar-refractivity contribution < 1.29 is 4.79 Å². The quantitative estimate of drug-likeness (QED) is 0.578. The van der Waals surface area contributed by atoms with Gasteiger partial charge in [0.15, 0.2) is 0 Å². The summed E-state index contributed by atoms with van der Waals surface area (Å²) in [5, 5.41) is 4.24. The third kappa shape index (κ3) is 4.14. The maximum absolute atomic E-state index is 13.2. The number of hydrogen-bond acceptors (Lipinski definition) is 2. The number of hydrogen-bond donors (Lipinski definition) is 1. The first-order valence-corrected chi connectivity index (χ1v) is 9.32. The van der Waals surface area contributed by atoms with E-state index in [4.69, 9.17) is 0 Å². The van der Waals surface area contributed by atoms with Gasteiger partial charge in [0.25, 0.3) is 0 Å². The highest BCUT2D eigenvalue weighted by Crippen LogP contribution is 2.36. The summed E-state index contributed by atoms with van der Waals surface area (Å²) < 4.78 is 0. The molecule has 1 amide bonds. The average Bonchev–Trinajstić information content (AvgIpc) is 2.61. The first kappa shape index (κ1) is 18.4. The number of rotatable bonds is 9. The van der Waals surface area contributed by atoms with Crippen molar-refractivity contribution in [1.82, 2.24) is 4.98 Å². The Kier molecular flexibility index (Phi) is 6.77. The van der Waals surface area contributed by atoms with Crippen LogP contribution in [0.5, 0.6) is 0 Å². The van der Waals surface area contributed by atoms with Gasteiger partial charge in [-0.05, 0) is 31.4 Å². The molecule has 0 aliphatic carbocycles. The second-order valence-electron chi connectivity index (χ2n) is 6.68. The molecule has 3 heteroatoms. The number of aromatic nitrogens is 1. The number of unbranched alkanes of at least 4 members (excludes halogenated alkanes) is 2. The van der Waals surface area contributed by atoms with E-state index in [0.29, 0.717) is 0 Å². The number of para-hydroxylation sites is 1. The van der Waals surface area contributed by atoms with Crippen LogP contribution >= 0.6 is 0 Å². The lowest BCUT2D eigenvalue weighted by Gasteiger charge is -2.31. The minimum atomic E-state index is -0.263. The van der Waals surface area contributed by atoms with E-state index in [-0.39, 0.29) is 11.3 Å². The molecule has 0 fully saturated rings. The van der Waals surface area contributed by atoms with E-state index in [0.717, 1.165) is 48.7 Å². The van der Waals surface area contributed by atoms with Crippen LogP contribution < -0.4 is 5.32 Å². The lowest BCUT2D eigenvalue weighted by molar-refractivity contribution is -0.126. The largest absolute Gasteiger partial charge is 0.324 e. The van der Waals surface area contributed by atoms with Gasteiger partial charge >= 0.3 is 0 Å². The molecule has 1 heterocycles. The number of carbonyl (C=O) groups is 1. The highest BCUT2D eigenvalue weighted by atomic mass is 16.2. The van der Waals surface area contributed by atoms with Crippen LogP contribution in [0, 0.1) is 5.41 Å². The van der Waals surface area contributed by atoms with Gasteiger partial charge in [-0.15, -0.1) is 0 Å². The van der Waals surface area contributed by atoms with Crippen molar-refractivity contribution in [2.45, 2.75) is 65.7 Å². The van der Waals surface area contributed by atoms with Crippen molar-refractivity contribution in [2.75, 3.05) is 5.32 Å². The topological polar surface area (TPSA) is 42.0 Å².